The fourth-order valence-corrected chi connectivity index (χ4v) is 3.36. The molecular formula is C20H24N2O. The summed E-state index contributed by atoms with van der Waals surface area (Å²) in [6, 6.07) is 15.9. The van der Waals surface area contributed by atoms with E-state index in [0.29, 0.717) is 12.3 Å². The lowest BCUT2D eigenvalue weighted by atomic mass is 9.93. The van der Waals surface area contributed by atoms with Crippen LogP contribution in [0.4, 0.5) is 0 Å². The average molecular weight is 308 g/mol. The average Bonchev–Trinajstić information content (AvgIpc) is 3.13. The third-order valence-corrected chi connectivity index (χ3v) is 4.70. The van der Waals surface area contributed by atoms with Crippen LogP contribution in [-0.4, -0.2) is 17.4 Å². The van der Waals surface area contributed by atoms with Gasteiger partial charge in [0.2, 0.25) is 5.91 Å². The van der Waals surface area contributed by atoms with Gasteiger partial charge in [-0.3, -0.25) is 9.78 Å². The van der Waals surface area contributed by atoms with Crippen LogP contribution >= 0.6 is 0 Å². The standard InChI is InChI=1S/C20H24N2O/c23-20(22-15-16-8-4-5-9-16)19(17-10-2-1-3-11-17)14-18-12-6-7-13-21-18/h1-3,6-7,10-13,16,19H,4-5,8-9,14-15H2,(H,22,23). The van der Waals surface area contributed by atoms with Gasteiger partial charge in [-0.05, 0) is 36.5 Å². The summed E-state index contributed by atoms with van der Waals surface area (Å²) in [4.78, 5) is 17.1. The molecule has 0 bridgehead atoms. The van der Waals surface area contributed by atoms with Gasteiger partial charge in [-0.15, -0.1) is 0 Å². The van der Waals surface area contributed by atoms with Crippen molar-refractivity contribution in [1.29, 1.82) is 0 Å². The van der Waals surface area contributed by atoms with E-state index in [1.54, 1.807) is 6.20 Å². The van der Waals surface area contributed by atoms with Crippen LogP contribution in [-0.2, 0) is 11.2 Å². The fourth-order valence-electron chi connectivity index (χ4n) is 3.36. The summed E-state index contributed by atoms with van der Waals surface area (Å²) in [5.74, 6) is 0.603. The monoisotopic (exact) mass is 308 g/mol. The Hall–Kier alpha value is -2.16. The summed E-state index contributed by atoms with van der Waals surface area (Å²) in [6.07, 6.45) is 7.52. The number of hydrogen-bond acceptors (Lipinski definition) is 2. The van der Waals surface area contributed by atoms with Gasteiger partial charge >= 0.3 is 0 Å². The number of amides is 1. The Morgan fingerprint density at radius 3 is 2.52 bits per heavy atom. The van der Waals surface area contributed by atoms with Crippen molar-refractivity contribution in [1.82, 2.24) is 10.3 Å². The van der Waals surface area contributed by atoms with Gasteiger partial charge in [0.05, 0.1) is 5.92 Å². The topological polar surface area (TPSA) is 42.0 Å². The molecule has 120 valence electrons. The molecule has 1 aromatic heterocycles. The molecule has 3 heteroatoms. The van der Waals surface area contributed by atoms with Crippen molar-refractivity contribution in [3.05, 3.63) is 66.0 Å². The summed E-state index contributed by atoms with van der Waals surface area (Å²) in [5, 5.41) is 3.18. The highest BCUT2D eigenvalue weighted by atomic mass is 16.1. The first-order valence-electron chi connectivity index (χ1n) is 8.55. The number of carbonyl (C=O) groups is 1. The van der Waals surface area contributed by atoms with E-state index in [1.165, 1.54) is 25.7 Å². The number of pyridine rings is 1. The van der Waals surface area contributed by atoms with Crippen molar-refractivity contribution in [2.75, 3.05) is 6.54 Å². The number of rotatable bonds is 6. The molecule has 1 atom stereocenters. The van der Waals surface area contributed by atoms with Crippen LogP contribution in [0, 0.1) is 5.92 Å². The predicted molar refractivity (Wildman–Crippen MR) is 92.1 cm³/mol. The van der Waals surface area contributed by atoms with Crippen molar-refractivity contribution in [3.8, 4) is 0 Å². The van der Waals surface area contributed by atoms with Crippen LogP contribution in [0.2, 0.25) is 0 Å². The molecule has 1 N–H and O–H groups in total. The van der Waals surface area contributed by atoms with Crippen LogP contribution in [0.3, 0.4) is 0 Å². The highest BCUT2D eigenvalue weighted by Gasteiger charge is 2.23. The van der Waals surface area contributed by atoms with Gasteiger partial charge in [-0.2, -0.15) is 0 Å². The quantitative estimate of drug-likeness (QED) is 0.884. The van der Waals surface area contributed by atoms with E-state index in [2.05, 4.69) is 10.3 Å². The van der Waals surface area contributed by atoms with E-state index < -0.39 is 0 Å². The normalized spacial score (nSPS) is 16.2. The molecule has 2 aromatic rings. The molecule has 1 unspecified atom stereocenters. The van der Waals surface area contributed by atoms with Gasteiger partial charge < -0.3 is 5.32 Å². The van der Waals surface area contributed by atoms with E-state index >= 15 is 0 Å². The van der Waals surface area contributed by atoms with Crippen LogP contribution < -0.4 is 5.32 Å². The third kappa shape index (κ3) is 4.41. The molecule has 3 nitrogen and oxygen atoms in total. The van der Waals surface area contributed by atoms with Gasteiger partial charge in [-0.25, -0.2) is 0 Å². The molecule has 0 radical (unpaired) electrons. The lowest BCUT2D eigenvalue weighted by Gasteiger charge is -2.18. The molecule has 0 aliphatic heterocycles. The summed E-state index contributed by atoms with van der Waals surface area (Å²) < 4.78 is 0. The number of nitrogens with one attached hydrogen (secondary N) is 1. The molecule has 0 spiro atoms. The van der Waals surface area contributed by atoms with Gasteiger partial charge in [-0.1, -0.05) is 49.2 Å². The molecule has 3 rings (SSSR count). The highest BCUT2D eigenvalue weighted by Crippen LogP contribution is 2.25. The molecule has 0 saturated heterocycles. The maximum Gasteiger partial charge on any atom is 0.227 e. The van der Waals surface area contributed by atoms with Crippen molar-refractivity contribution in [2.45, 2.75) is 38.0 Å². The number of aromatic nitrogens is 1. The Labute approximate surface area is 138 Å². The Morgan fingerprint density at radius 1 is 1.09 bits per heavy atom. The fraction of sp³-hybridized carbons (Fsp3) is 0.400. The summed E-state index contributed by atoms with van der Waals surface area (Å²) in [5.41, 5.74) is 2.01. The zero-order chi connectivity index (χ0) is 15.9. The number of nitrogens with zero attached hydrogens (tertiary/aromatic N) is 1. The minimum Gasteiger partial charge on any atom is -0.355 e. The third-order valence-electron chi connectivity index (χ3n) is 4.70. The highest BCUT2D eigenvalue weighted by molar-refractivity contribution is 5.83. The Morgan fingerprint density at radius 2 is 1.83 bits per heavy atom. The molecule has 1 aliphatic rings. The van der Waals surface area contributed by atoms with Crippen LogP contribution in [0.25, 0.3) is 0 Å². The van der Waals surface area contributed by atoms with E-state index in [0.717, 1.165) is 17.8 Å². The largest absolute Gasteiger partial charge is 0.355 e. The maximum absolute atomic E-state index is 12.8. The van der Waals surface area contributed by atoms with Gasteiger partial charge in [0.25, 0.3) is 0 Å². The Bertz CT molecular complexity index is 606. The number of carbonyl (C=O) groups excluding carboxylic acids is 1. The SMILES string of the molecule is O=C(NCC1CCCC1)C(Cc1ccccn1)c1ccccc1. The van der Waals surface area contributed by atoms with Crippen LogP contribution in [0.1, 0.15) is 42.9 Å². The molecule has 1 fully saturated rings. The van der Waals surface area contributed by atoms with E-state index in [9.17, 15) is 4.79 Å². The molecule has 1 aromatic carbocycles. The minimum absolute atomic E-state index is 0.119. The molecule has 1 amide bonds. The predicted octanol–water partition coefficient (Wildman–Crippen LogP) is 3.71. The van der Waals surface area contributed by atoms with Crippen molar-refractivity contribution in [3.63, 3.8) is 0 Å². The number of benzene rings is 1. The molecule has 1 saturated carbocycles. The van der Waals surface area contributed by atoms with E-state index in [4.69, 9.17) is 0 Å². The number of hydrogen-bond donors (Lipinski definition) is 1. The lowest BCUT2D eigenvalue weighted by molar-refractivity contribution is -0.122. The van der Waals surface area contributed by atoms with Gasteiger partial charge in [0, 0.05) is 24.9 Å². The molecular weight excluding hydrogens is 284 g/mol. The molecule has 1 heterocycles. The summed E-state index contributed by atoms with van der Waals surface area (Å²) >= 11 is 0. The summed E-state index contributed by atoms with van der Waals surface area (Å²) in [6.45, 7) is 0.810. The summed E-state index contributed by atoms with van der Waals surface area (Å²) in [7, 11) is 0. The first kappa shape index (κ1) is 15.7. The maximum atomic E-state index is 12.8. The van der Waals surface area contributed by atoms with Crippen LogP contribution in [0.15, 0.2) is 54.7 Å². The van der Waals surface area contributed by atoms with E-state index in [-0.39, 0.29) is 11.8 Å². The second-order valence-corrected chi connectivity index (χ2v) is 6.38. The van der Waals surface area contributed by atoms with Crippen molar-refractivity contribution < 1.29 is 4.79 Å². The van der Waals surface area contributed by atoms with Gasteiger partial charge in [0.1, 0.15) is 0 Å². The minimum atomic E-state index is -0.174. The second-order valence-electron chi connectivity index (χ2n) is 6.38. The van der Waals surface area contributed by atoms with Crippen molar-refractivity contribution >= 4 is 5.91 Å². The van der Waals surface area contributed by atoms with E-state index in [1.807, 2.05) is 48.5 Å². The van der Waals surface area contributed by atoms with Gasteiger partial charge in [0.15, 0.2) is 0 Å². The van der Waals surface area contributed by atoms with Crippen molar-refractivity contribution in [2.24, 2.45) is 5.92 Å². The molecule has 23 heavy (non-hydrogen) atoms. The molecule has 1 aliphatic carbocycles. The smallest absolute Gasteiger partial charge is 0.227 e. The van der Waals surface area contributed by atoms with Crippen LogP contribution in [0.5, 0.6) is 0 Å². The second kappa shape index (κ2) is 7.91. The zero-order valence-corrected chi connectivity index (χ0v) is 13.4. The first-order chi connectivity index (χ1) is 11.3. The lowest BCUT2D eigenvalue weighted by Crippen LogP contribution is -2.33. The first-order valence-corrected chi connectivity index (χ1v) is 8.55. The Balaban J connectivity index is 1.70. The zero-order valence-electron chi connectivity index (χ0n) is 13.4. The Kier molecular flexibility index (Phi) is 5.41.